The molecule has 33 heavy (non-hydrogen) atoms. The van der Waals surface area contributed by atoms with Gasteiger partial charge in [0, 0.05) is 18.2 Å². The molecule has 4 rings (SSSR count). The number of hydrogen-bond donors (Lipinski definition) is 1. The summed E-state index contributed by atoms with van der Waals surface area (Å²) in [7, 11) is 0. The molecule has 0 radical (unpaired) electrons. The number of anilines is 1. The molecule has 0 spiro atoms. The van der Waals surface area contributed by atoms with Gasteiger partial charge in [-0.05, 0) is 49.4 Å². The minimum absolute atomic E-state index is 0.0247. The van der Waals surface area contributed by atoms with Crippen LogP contribution in [0.15, 0.2) is 66.9 Å². The lowest BCUT2D eigenvalue weighted by Gasteiger charge is -2.23. The van der Waals surface area contributed by atoms with Crippen LogP contribution in [0.3, 0.4) is 0 Å². The Morgan fingerprint density at radius 1 is 1.06 bits per heavy atom. The molecule has 0 unspecified atom stereocenters. The van der Waals surface area contributed by atoms with Gasteiger partial charge in [-0.3, -0.25) is 4.79 Å². The van der Waals surface area contributed by atoms with Gasteiger partial charge in [0.1, 0.15) is 12.1 Å². The molecule has 0 saturated heterocycles. The van der Waals surface area contributed by atoms with Crippen LogP contribution in [-0.2, 0) is 11.0 Å². The number of halogens is 3. The Kier molecular flexibility index (Phi) is 6.67. The van der Waals surface area contributed by atoms with Crippen LogP contribution in [0, 0.1) is 5.92 Å². The number of benzene rings is 1. The van der Waals surface area contributed by atoms with Crippen molar-refractivity contribution < 1.29 is 22.7 Å². The lowest BCUT2D eigenvalue weighted by Crippen LogP contribution is -2.25. The van der Waals surface area contributed by atoms with Gasteiger partial charge in [0.25, 0.3) is 0 Å². The van der Waals surface area contributed by atoms with Crippen molar-refractivity contribution in [3.05, 3.63) is 78.0 Å². The molecule has 1 aromatic carbocycles. The van der Waals surface area contributed by atoms with E-state index in [2.05, 4.69) is 26.3 Å². The van der Waals surface area contributed by atoms with Crippen LogP contribution in [0.4, 0.5) is 18.9 Å². The van der Waals surface area contributed by atoms with E-state index in [9.17, 15) is 18.0 Å². The molecule has 1 aliphatic carbocycles. The van der Waals surface area contributed by atoms with Crippen LogP contribution in [0.25, 0.3) is 6.08 Å². The van der Waals surface area contributed by atoms with Crippen LogP contribution >= 0.6 is 0 Å². The highest BCUT2D eigenvalue weighted by Gasteiger charge is 2.30. The van der Waals surface area contributed by atoms with Crippen molar-refractivity contribution in [3.8, 4) is 11.6 Å². The average molecular weight is 454 g/mol. The standard InChI is InChI=1S/C24H21F3N4O2/c25-24(26,27)19-8-9-22(30-12-19)33-21-3-1-2-17(11-21)10-16-4-6-18(7-5-16)23(32)31-20-13-28-15-29-14-20/h1-3,8-15,18H,4-7H2,(H,31,32). The van der Waals surface area contributed by atoms with Gasteiger partial charge >= 0.3 is 6.18 Å². The first-order valence-corrected chi connectivity index (χ1v) is 10.4. The summed E-state index contributed by atoms with van der Waals surface area (Å²) in [5, 5.41) is 2.85. The second-order valence-electron chi connectivity index (χ2n) is 7.75. The molecule has 9 heteroatoms. The van der Waals surface area contributed by atoms with E-state index in [1.165, 1.54) is 18.0 Å². The van der Waals surface area contributed by atoms with Crippen molar-refractivity contribution in [1.82, 2.24) is 15.0 Å². The summed E-state index contributed by atoms with van der Waals surface area (Å²) in [6.45, 7) is 0. The molecular formula is C24H21F3N4O2. The van der Waals surface area contributed by atoms with Crippen LogP contribution in [-0.4, -0.2) is 20.9 Å². The third kappa shape index (κ3) is 6.15. The zero-order chi connectivity index (χ0) is 23.3. The second-order valence-corrected chi connectivity index (χ2v) is 7.75. The number of pyridine rings is 1. The zero-order valence-corrected chi connectivity index (χ0v) is 17.5. The van der Waals surface area contributed by atoms with E-state index in [4.69, 9.17) is 4.74 Å². The normalized spacial score (nSPS) is 16.2. The summed E-state index contributed by atoms with van der Waals surface area (Å²) < 4.78 is 43.6. The number of amides is 1. The first-order chi connectivity index (χ1) is 15.9. The second kappa shape index (κ2) is 9.81. The fourth-order valence-corrected chi connectivity index (χ4v) is 3.64. The Morgan fingerprint density at radius 2 is 1.82 bits per heavy atom. The van der Waals surface area contributed by atoms with E-state index in [0.29, 0.717) is 11.4 Å². The van der Waals surface area contributed by atoms with E-state index in [0.717, 1.165) is 43.5 Å². The van der Waals surface area contributed by atoms with Gasteiger partial charge in [0.05, 0.1) is 23.6 Å². The molecule has 2 heterocycles. The van der Waals surface area contributed by atoms with Gasteiger partial charge in [-0.1, -0.05) is 23.8 Å². The van der Waals surface area contributed by atoms with Crippen molar-refractivity contribution in [2.24, 2.45) is 5.92 Å². The van der Waals surface area contributed by atoms with Gasteiger partial charge < -0.3 is 10.1 Å². The first kappa shape index (κ1) is 22.4. The lowest BCUT2D eigenvalue weighted by atomic mass is 9.84. The molecule has 0 bridgehead atoms. The topological polar surface area (TPSA) is 77.0 Å². The third-order valence-corrected chi connectivity index (χ3v) is 5.34. The molecule has 0 atom stereocenters. The van der Waals surface area contributed by atoms with E-state index in [1.54, 1.807) is 24.5 Å². The third-order valence-electron chi connectivity index (χ3n) is 5.34. The van der Waals surface area contributed by atoms with Gasteiger partial charge in [-0.2, -0.15) is 13.2 Å². The highest BCUT2D eigenvalue weighted by Crippen LogP contribution is 2.32. The Hall–Kier alpha value is -3.75. The fourth-order valence-electron chi connectivity index (χ4n) is 3.64. The quantitative estimate of drug-likeness (QED) is 0.520. The molecule has 1 aliphatic rings. The van der Waals surface area contributed by atoms with Crippen LogP contribution in [0.1, 0.15) is 36.8 Å². The highest BCUT2D eigenvalue weighted by atomic mass is 19.4. The molecule has 6 nitrogen and oxygen atoms in total. The zero-order valence-electron chi connectivity index (χ0n) is 17.5. The van der Waals surface area contributed by atoms with E-state index >= 15 is 0 Å². The minimum Gasteiger partial charge on any atom is -0.439 e. The smallest absolute Gasteiger partial charge is 0.417 e. The van der Waals surface area contributed by atoms with Crippen molar-refractivity contribution in [2.45, 2.75) is 31.9 Å². The highest BCUT2D eigenvalue weighted by molar-refractivity contribution is 5.92. The van der Waals surface area contributed by atoms with Crippen LogP contribution in [0.2, 0.25) is 0 Å². The minimum atomic E-state index is -4.44. The molecule has 0 aliphatic heterocycles. The summed E-state index contributed by atoms with van der Waals surface area (Å²) in [6.07, 6.45) is 6.01. The van der Waals surface area contributed by atoms with Crippen molar-refractivity contribution in [3.63, 3.8) is 0 Å². The van der Waals surface area contributed by atoms with Gasteiger partial charge in [0.2, 0.25) is 11.8 Å². The van der Waals surface area contributed by atoms with E-state index in [-0.39, 0.29) is 17.7 Å². The Bertz CT molecular complexity index is 1120. The number of nitrogens with zero attached hydrogens (tertiary/aromatic N) is 3. The van der Waals surface area contributed by atoms with Crippen LogP contribution < -0.4 is 10.1 Å². The van der Waals surface area contributed by atoms with Crippen molar-refractivity contribution in [2.75, 3.05) is 5.32 Å². The number of carbonyl (C=O) groups is 1. The van der Waals surface area contributed by atoms with Gasteiger partial charge in [0.15, 0.2) is 0 Å². The maximum atomic E-state index is 12.7. The first-order valence-electron chi connectivity index (χ1n) is 10.4. The molecule has 2 aromatic heterocycles. The van der Waals surface area contributed by atoms with Crippen LogP contribution in [0.5, 0.6) is 11.6 Å². The van der Waals surface area contributed by atoms with Crippen molar-refractivity contribution in [1.29, 1.82) is 0 Å². The maximum Gasteiger partial charge on any atom is 0.417 e. The number of rotatable bonds is 5. The summed E-state index contributed by atoms with van der Waals surface area (Å²) >= 11 is 0. The number of alkyl halides is 3. The largest absolute Gasteiger partial charge is 0.439 e. The average Bonchev–Trinajstić information content (AvgIpc) is 2.80. The molecule has 1 amide bonds. The maximum absolute atomic E-state index is 12.7. The van der Waals surface area contributed by atoms with E-state index < -0.39 is 11.7 Å². The number of hydrogen-bond acceptors (Lipinski definition) is 5. The monoisotopic (exact) mass is 454 g/mol. The molecule has 3 aromatic rings. The Morgan fingerprint density at radius 3 is 2.48 bits per heavy atom. The van der Waals surface area contributed by atoms with Gasteiger partial charge in [-0.25, -0.2) is 15.0 Å². The predicted molar refractivity (Wildman–Crippen MR) is 116 cm³/mol. The number of aromatic nitrogens is 3. The lowest BCUT2D eigenvalue weighted by molar-refractivity contribution is -0.137. The van der Waals surface area contributed by atoms with E-state index in [1.807, 2.05) is 12.1 Å². The Labute approximate surface area is 188 Å². The molecule has 170 valence electrons. The number of carbonyl (C=O) groups excluding carboxylic acids is 1. The Balaban J connectivity index is 1.34. The molecule has 1 saturated carbocycles. The number of nitrogens with one attached hydrogen (secondary N) is 1. The number of ether oxygens (including phenoxy) is 1. The van der Waals surface area contributed by atoms with Gasteiger partial charge in [-0.15, -0.1) is 0 Å². The summed E-state index contributed by atoms with van der Waals surface area (Å²) in [6, 6.07) is 9.40. The SMILES string of the molecule is O=C(Nc1cncnc1)C1CCC(=Cc2cccc(Oc3ccc(C(F)(F)F)cn3)c2)CC1. The fraction of sp³-hybridized carbons (Fsp3) is 0.250. The summed E-state index contributed by atoms with van der Waals surface area (Å²) in [5.74, 6) is 0.476. The summed E-state index contributed by atoms with van der Waals surface area (Å²) in [4.78, 5) is 24.0. The molecular weight excluding hydrogens is 433 g/mol. The van der Waals surface area contributed by atoms with Crippen molar-refractivity contribution >= 4 is 17.7 Å². The molecule has 1 fully saturated rings. The predicted octanol–water partition coefficient (Wildman–Crippen LogP) is 5.90. The molecule has 1 N–H and O–H groups in total. The number of allylic oxidation sites excluding steroid dienone is 1. The summed E-state index contributed by atoms with van der Waals surface area (Å²) in [5.41, 5.74) is 1.91.